The second-order valence-corrected chi connectivity index (χ2v) is 7.13. The normalized spacial score (nSPS) is 23.9. The van der Waals surface area contributed by atoms with Crippen LogP contribution < -0.4 is 5.32 Å². The van der Waals surface area contributed by atoms with Crippen molar-refractivity contribution in [1.29, 1.82) is 0 Å². The van der Waals surface area contributed by atoms with E-state index in [2.05, 4.69) is 17.3 Å². The van der Waals surface area contributed by atoms with Crippen molar-refractivity contribution in [2.24, 2.45) is 5.92 Å². The van der Waals surface area contributed by atoms with Crippen molar-refractivity contribution in [3.05, 3.63) is 29.6 Å². The molecule has 0 aliphatic carbocycles. The van der Waals surface area contributed by atoms with Crippen molar-refractivity contribution in [2.45, 2.75) is 38.6 Å². The molecular weight excluding hydrogens is 321 g/mol. The van der Waals surface area contributed by atoms with Crippen molar-refractivity contribution in [3.8, 4) is 0 Å². The van der Waals surface area contributed by atoms with E-state index in [-0.39, 0.29) is 11.9 Å². The van der Waals surface area contributed by atoms with Crippen molar-refractivity contribution < 1.29 is 14.0 Å². The molecule has 1 aromatic carbocycles. The van der Waals surface area contributed by atoms with Crippen LogP contribution in [0.15, 0.2) is 18.2 Å². The number of aryl methyl sites for hydroxylation is 1. The number of nitrogens with zero attached hydrogens (tertiary/aromatic N) is 2. The van der Waals surface area contributed by atoms with E-state index < -0.39 is 11.8 Å². The Morgan fingerprint density at radius 3 is 2.80 bits per heavy atom. The summed E-state index contributed by atoms with van der Waals surface area (Å²) in [4.78, 5) is 29.0. The van der Waals surface area contributed by atoms with E-state index in [1.54, 1.807) is 17.0 Å². The molecule has 2 aliphatic rings. The van der Waals surface area contributed by atoms with Crippen LogP contribution in [-0.4, -0.2) is 54.3 Å². The van der Waals surface area contributed by atoms with E-state index >= 15 is 0 Å². The molecule has 2 fully saturated rings. The Labute approximate surface area is 148 Å². The van der Waals surface area contributed by atoms with Crippen molar-refractivity contribution in [3.63, 3.8) is 0 Å². The van der Waals surface area contributed by atoms with Gasteiger partial charge in [-0.2, -0.15) is 0 Å². The topological polar surface area (TPSA) is 52.7 Å². The lowest BCUT2D eigenvalue weighted by atomic mass is 9.84. The van der Waals surface area contributed by atoms with Crippen molar-refractivity contribution >= 4 is 17.5 Å². The van der Waals surface area contributed by atoms with Crippen LogP contribution in [0, 0.1) is 11.7 Å². The van der Waals surface area contributed by atoms with Gasteiger partial charge in [-0.1, -0.05) is 13.0 Å². The predicted octanol–water partition coefficient (Wildman–Crippen LogP) is 2.27. The molecule has 0 bridgehead atoms. The highest BCUT2D eigenvalue weighted by atomic mass is 19.1. The molecule has 0 saturated carbocycles. The maximum absolute atomic E-state index is 13.9. The molecule has 6 heteroatoms. The van der Waals surface area contributed by atoms with Gasteiger partial charge in [0.1, 0.15) is 5.82 Å². The third-order valence-corrected chi connectivity index (χ3v) is 5.42. The molecule has 1 N–H and O–H groups in total. The molecule has 0 spiro atoms. The second kappa shape index (κ2) is 7.52. The summed E-state index contributed by atoms with van der Waals surface area (Å²) in [5.41, 5.74) is 0.916. The number of hydrogen-bond acceptors (Lipinski definition) is 3. The Kier molecular flexibility index (Phi) is 5.37. The van der Waals surface area contributed by atoms with Gasteiger partial charge in [-0.05, 0) is 62.9 Å². The Bertz CT molecular complexity index is 664. The van der Waals surface area contributed by atoms with E-state index in [0.29, 0.717) is 30.1 Å². The number of carbonyl (C=O) groups excluding carboxylic acids is 2. The Morgan fingerprint density at radius 2 is 2.08 bits per heavy atom. The smallest absolute Gasteiger partial charge is 0.313 e. The van der Waals surface area contributed by atoms with Gasteiger partial charge in [0.15, 0.2) is 0 Å². The molecule has 2 atom stereocenters. The second-order valence-electron chi connectivity index (χ2n) is 7.13. The minimum atomic E-state index is -0.678. The molecule has 1 aromatic rings. The van der Waals surface area contributed by atoms with Gasteiger partial charge in [-0.3, -0.25) is 9.59 Å². The number of likely N-dealkylation sites (tertiary alicyclic amines) is 2. The lowest BCUT2D eigenvalue weighted by Gasteiger charge is -2.46. The highest BCUT2D eigenvalue weighted by Gasteiger charge is 2.39. The fraction of sp³-hybridized carbons (Fsp3) is 0.579. The van der Waals surface area contributed by atoms with Gasteiger partial charge in [0.25, 0.3) is 0 Å². The van der Waals surface area contributed by atoms with Crippen molar-refractivity contribution in [1.82, 2.24) is 9.80 Å². The molecule has 2 heterocycles. The third kappa shape index (κ3) is 3.84. The number of hydrogen-bond donors (Lipinski definition) is 1. The van der Waals surface area contributed by atoms with Crippen LogP contribution in [-0.2, 0) is 16.0 Å². The molecule has 2 amide bonds. The first kappa shape index (κ1) is 17.9. The predicted molar refractivity (Wildman–Crippen MR) is 94.7 cm³/mol. The summed E-state index contributed by atoms with van der Waals surface area (Å²) in [5.74, 6) is -1.10. The van der Waals surface area contributed by atoms with Gasteiger partial charge >= 0.3 is 11.8 Å². The average molecular weight is 347 g/mol. The first-order valence-electron chi connectivity index (χ1n) is 9.08. The van der Waals surface area contributed by atoms with Crippen molar-refractivity contribution in [2.75, 3.05) is 32.0 Å². The first-order valence-corrected chi connectivity index (χ1v) is 9.08. The highest BCUT2D eigenvalue weighted by Crippen LogP contribution is 2.30. The highest BCUT2D eigenvalue weighted by molar-refractivity contribution is 6.39. The molecule has 25 heavy (non-hydrogen) atoms. The fourth-order valence-electron chi connectivity index (χ4n) is 4.06. The van der Waals surface area contributed by atoms with E-state index in [9.17, 15) is 14.0 Å². The Morgan fingerprint density at radius 1 is 1.28 bits per heavy atom. The van der Waals surface area contributed by atoms with Gasteiger partial charge in [-0.25, -0.2) is 4.39 Å². The number of halogens is 1. The molecule has 0 aromatic heterocycles. The number of rotatable bonds is 2. The van der Waals surface area contributed by atoms with Crippen LogP contribution in [0.1, 0.15) is 31.7 Å². The molecule has 136 valence electrons. The lowest BCUT2D eigenvalue weighted by Crippen LogP contribution is -2.57. The van der Waals surface area contributed by atoms with Crippen LogP contribution in [0.3, 0.4) is 0 Å². The van der Waals surface area contributed by atoms with E-state index in [0.717, 1.165) is 32.4 Å². The fourth-order valence-corrected chi connectivity index (χ4v) is 4.06. The van der Waals surface area contributed by atoms with Gasteiger partial charge in [0.05, 0.1) is 0 Å². The minimum Gasteiger partial charge on any atom is -0.331 e. The monoisotopic (exact) mass is 347 g/mol. The maximum atomic E-state index is 13.9. The molecular formula is C19H26FN3O2. The average Bonchev–Trinajstić information content (AvgIpc) is 2.60. The first-order chi connectivity index (χ1) is 12.0. The summed E-state index contributed by atoms with van der Waals surface area (Å²) in [7, 11) is 2.10. The number of carbonyl (C=O) groups is 2. The number of piperidine rings is 2. The minimum absolute atomic E-state index is 0.141. The molecule has 0 radical (unpaired) electrons. The number of anilines is 1. The van der Waals surface area contributed by atoms with Gasteiger partial charge in [-0.15, -0.1) is 0 Å². The number of fused-ring (bicyclic) bond motifs is 1. The van der Waals surface area contributed by atoms with E-state index in [4.69, 9.17) is 0 Å². The van der Waals surface area contributed by atoms with Gasteiger partial charge in [0, 0.05) is 24.8 Å². The number of nitrogens with one attached hydrogen (secondary N) is 1. The largest absolute Gasteiger partial charge is 0.331 e. The lowest BCUT2D eigenvalue weighted by molar-refractivity contribution is -0.148. The molecule has 5 nitrogen and oxygen atoms in total. The van der Waals surface area contributed by atoms with Crippen LogP contribution >= 0.6 is 0 Å². The molecule has 2 aliphatic heterocycles. The summed E-state index contributed by atoms with van der Waals surface area (Å²) < 4.78 is 13.9. The zero-order valence-corrected chi connectivity index (χ0v) is 14.9. The Balaban J connectivity index is 1.67. The van der Waals surface area contributed by atoms with Gasteiger partial charge < -0.3 is 15.1 Å². The maximum Gasteiger partial charge on any atom is 0.313 e. The zero-order valence-electron chi connectivity index (χ0n) is 14.9. The molecule has 0 unspecified atom stereocenters. The Hall–Kier alpha value is -1.95. The standard InChI is InChI=1S/C19H26FN3O2/c1-3-13-6-7-15(11-16(13)20)21-18(24)19(25)23-9-4-5-14-12-22(2)10-8-17(14)23/h6-7,11,14,17H,3-5,8-10,12H2,1-2H3,(H,21,24)/t14-,17-/m0/s1. The number of benzene rings is 1. The van der Waals surface area contributed by atoms with Crippen LogP contribution in [0.5, 0.6) is 0 Å². The summed E-state index contributed by atoms with van der Waals surface area (Å²) in [6.07, 6.45) is 3.52. The summed E-state index contributed by atoms with van der Waals surface area (Å²) in [6.45, 7) is 4.41. The zero-order chi connectivity index (χ0) is 18.0. The summed E-state index contributed by atoms with van der Waals surface area (Å²) in [6, 6.07) is 4.70. The quantitative estimate of drug-likeness (QED) is 0.835. The summed E-state index contributed by atoms with van der Waals surface area (Å²) in [5, 5.41) is 2.55. The van der Waals surface area contributed by atoms with E-state index in [1.165, 1.54) is 6.07 Å². The van der Waals surface area contributed by atoms with Crippen LogP contribution in [0.4, 0.5) is 10.1 Å². The third-order valence-electron chi connectivity index (χ3n) is 5.42. The number of amides is 2. The molecule has 2 saturated heterocycles. The van der Waals surface area contributed by atoms with E-state index in [1.807, 2.05) is 6.92 Å². The SMILES string of the molecule is CCc1ccc(NC(=O)C(=O)N2CCC[C@H]3CN(C)CC[C@@H]32)cc1F. The molecule has 3 rings (SSSR count). The summed E-state index contributed by atoms with van der Waals surface area (Å²) >= 11 is 0. The van der Waals surface area contributed by atoms with Gasteiger partial charge in [0.2, 0.25) is 0 Å². The van der Waals surface area contributed by atoms with Crippen LogP contribution in [0.25, 0.3) is 0 Å². The van der Waals surface area contributed by atoms with Crippen LogP contribution in [0.2, 0.25) is 0 Å².